The number of carbonyl (C=O) groups excluding carboxylic acids is 1. The summed E-state index contributed by atoms with van der Waals surface area (Å²) in [6, 6.07) is 17.4. The van der Waals surface area contributed by atoms with Crippen molar-refractivity contribution in [1.29, 1.82) is 0 Å². The van der Waals surface area contributed by atoms with Crippen LogP contribution in [0.3, 0.4) is 0 Å². The number of carbonyl (C=O) groups is 1. The Balaban J connectivity index is 1.41. The van der Waals surface area contributed by atoms with Gasteiger partial charge in [0, 0.05) is 30.2 Å². The van der Waals surface area contributed by atoms with Crippen LogP contribution in [-0.2, 0) is 26.1 Å². The van der Waals surface area contributed by atoms with Crippen molar-refractivity contribution in [3.8, 4) is 0 Å². The van der Waals surface area contributed by atoms with Gasteiger partial charge in [0.2, 0.25) is 15.9 Å². The molecule has 1 fully saturated rings. The van der Waals surface area contributed by atoms with Crippen molar-refractivity contribution in [3.05, 3.63) is 71.2 Å². The molecule has 2 heterocycles. The Morgan fingerprint density at radius 3 is 2.58 bits per heavy atom. The highest BCUT2D eigenvalue weighted by atomic mass is 32.2. The number of hydrogen-bond donors (Lipinski definition) is 1. The predicted octanol–water partition coefficient (Wildman–Crippen LogP) is 2.41. The molecule has 170 valence electrons. The molecule has 0 bridgehead atoms. The Kier molecular flexibility index (Phi) is 5.49. The lowest BCUT2D eigenvalue weighted by Crippen LogP contribution is -2.40. The lowest BCUT2D eigenvalue weighted by atomic mass is 10.1. The minimum Gasteiger partial charge on any atom is -0.408 e. The molecule has 0 spiro atoms. The number of nitrogens with one attached hydrogen (secondary N) is 1. The molecule has 33 heavy (non-hydrogen) atoms. The average molecular weight is 468 g/mol. The number of hydrogen-bond acceptors (Lipinski definition) is 6. The minimum absolute atomic E-state index is 0.0259. The van der Waals surface area contributed by atoms with Crippen LogP contribution >= 0.6 is 0 Å². The summed E-state index contributed by atoms with van der Waals surface area (Å²) >= 11 is 0. The monoisotopic (exact) mass is 467 g/mol. The van der Waals surface area contributed by atoms with E-state index in [0.29, 0.717) is 24.4 Å². The highest BCUT2D eigenvalue weighted by Gasteiger charge is 2.27. The van der Waals surface area contributed by atoms with E-state index in [2.05, 4.69) is 5.32 Å². The molecule has 1 amide bonds. The number of amides is 1. The number of benzene rings is 3. The molecule has 0 atom stereocenters. The van der Waals surface area contributed by atoms with Gasteiger partial charge in [-0.15, -0.1) is 0 Å². The van der Waals surface area contributed by atoms with Crippen LogP contribution < -0.4 is 11.1 Å². The Bertz CT molecular complexity index is 1510. The zero-order valence-electron chi connectivity index (χ0n) is 17.6. The van der Waals surface area contributed by atoms with Crippen LogP contribution in [0.2, 0.25) is 0 Å². The van der Waals surface area contributed by atoms with Gasteiger partial charge in [0.05, 0.1) is 23.6 Å². The molecular weight excluding hydrogens is 446 g/mol. The molecule has 5 rings (SSSR count). The summed E-state index contributed by atoms with van der Waals surface area (Å²) in [5, 5.41) is 4.71. The Morgan fingerprint density at radius 2 is 1.76 bits per heavy atom. The first-order valence-electron chi connectivity index (χ1n) is 10.4. The molecule has 10 heteroatoms. The summed E-state index contributed by atoms with van der Waals surface area (Å²) in [4.78, 5) is 25.2. The van der Waals surface area contributed by atoms with E-state index in [4.69, 9.17) is 9.15 Å². The van der Waals surface area contributed by atoms with Gasteiger partial charge in [-0.3, -0.25) is 9.36 Å². The largest absolute Gasteiger partial charge is 0.420 e. The number of anilines is 1. The molecule has 4 aromatic rings. The summed E-state index contributed by atoms with van der Waals surface area (Å²) in [7, 11) is -3.74. The van der Waals surface area contributed by atoms with Gasteiger partial charge in [-0.25, -0.2) is 13.2 Å². The van der Waals surface area contributed by atoms with E-state index in [1.165, 1.54) is 27.1 Å². The highest BCUT2D eigenvalue weighted by Crippen LogP contribution is 2.24. The van der Waals surface area contributed by atoms with Crippen LogP contribution in [0.1, 0.15) is 0 Å². The van der Waals surface area contributed by atoms with Crippen molar-refractivity contribution in [2.75, 3.05) is 31.6 Å². The fraction of sp³-hybridized carbons (Fsp3) is 0.217. The normalized spacial score (nSPS) is 15.2. The molecule has 1 aliphatic rings. The summed E-state index contributed by atoms with van der Waals surface area (Å²) in [6.45, 7) is 0.918. The number of ether oxygens (including phenoxy) is 1. The molecule has 0 radical (unpaired) electrons. The quantitative estimate of drug-likeness (QED) is 0.483. The number of morpholine rings is 1. The zero-order chi connectivity index (χ0) is 23.0. The first kappa shape index (κ1) is 21.4. The maximum atomic E-state index is 12.9. The third-order valence-corrected chi connectivity index (χ3v) is 7.51. The van der Waals surface area contributed by atoms with E-state index in [9.17, 15) is 18.0 Å². The van der Waals surface area contributed by atoms with Crippen molar-refractivity contribution in [1.82, 2.24) is 8.87 Å². The van der Waals surface area contributed by atoms with Crippen molar-refractivity contribution in [2.24, 2.45) is 0 Å². The van der Waals surface area contributed by atoms with Crippen LogP contribution in [0.4, 0.5) is 5.69 Å². The number of fused-ring (bicyclic) bond motifs is 2. The molecule has 1 aromatic heterocycles. The minimum atomic E-state index is -3.74. The number of oxazole rings is 1. The van der Waals surface area contributed by atoms with Gasteiger partial charge in [-0.1, -0.05) is 36.4 Å². The first-order valence-corrected chi connectivity index (χ1v) is 11.9. The van der Waals surface area contributed by atoms with Gasteiger partial charge in [0.25, 0.3) is 0 Å². The van der Waals surface area contributed by atoms with Crippen molar-refractivity contribution in [3.63, 3.8) is 0 Å². The second kappa shape index (κ2) is 8.47. The maximum absolute atomic E-state index is 12.9. The van der Waals surface area contributed by atoms with E-state index < -0.39 is 21.7 Å². The van der Waals surface area contributed by atoms with Gasteiger partial charge in [0.15, 0.2) is 5.58 Å². The molecule has 9 nitrogen and oxygen atoms in total. The van der Waals surface area contributed by atoms with E-state index in [1.54, 1.807) is 6.07 Å². The Labute approximate surface area is 189 Å². The van der Waals surface area contributed by atoms with E-state index in [0.717, 1.165) is 10.8 Å². The van der Waals surface area contributed by atoms with E-state index in [-0.39, 0.29) is 30.1 Å². The fourth-order valence-corrected chi connectivity index (χ4v) is 5.38. The standard InChI is InChI=1S/C23H21N3O6S/c27-22(24-19-7-3-5-16-4-1-2-6-18(16)19)15-26-20-9-8-17(14-21(20)32-23(26)28)33(29,30)25-10-12-31-13-11-25/h1-9,14H,10-13,15H2,(H,24,27). The smallest absolute Gasteiger partial charge is 0.408 e. The van der Waals surface area contributed by atoms with Gasteiger partial charge in [-0.05, 0) is 23.6 Å². The van der Waals surface area contributed by atoms with Gasteiger partial charge >= 0.3 is 5.76 Å². The third kappa shape index (κ3) is 4.04. The molecular formula is C23H21N3O6S. The Morgan fingerprint density at radius 1 is 1.00 bits per heavy atom. The van der Waals surface area contributed by atoms with Crippen molar-refractivity contribution >= 4 is 43.5 Å². The van der Waals surface area contributed by atoms with Gasteiger partial charge in [-0.2, -0.15) is 4.31 Å². The molecule has 3 aromatic carbocycles. The maximum Gasteiger partial charge on any atom is 0.420 e. The second-order valence-electron chi connectivity index (χ2n) is 7.67. The van der Waals surface area contributed by atoms with Crippen LogP contribution in [0.25, 0.3) is 21.9 Å². The van der Waals surface area contributed by atoms with Gasteiger partial charge in [0.1, 0.15) is 6.54 Å². The number of rotatable bonds is 5. The fourth-order valence-electron chi connectivity index (χ4n) is 3.96. The molecule has 1 N–H and O–H groups in total. The van der Waals surface area contributed by atoms with Gasteiger partial charge < -0.3 is 14.5 Å². The van der Waals surface area contributed by atoms with Crippen LogP contribution in [0.5, 0.6) is 0 Å². The number of sulfonamides is 1. The lowest BCUT2D eigenvalue weighted by molar-refractivity contribution is -0.116. The highest BCUT2D eigenvalue weighted by molar-refractivity contribution is 7.89. The molecule has 0 aliphatic carbocycles. The average Bonchev–Trinajstić information content (AvgIpc) is 3.14. The van der Waals surface area contributed by atoms with E-state index in [1.807, 2.05) is 36.4 Å². The lowest BCUT2D eigenvalue weighted by Gasteiger charge is -2.25. The van der Waals surface area contributed by atoms with E-state index >= 15 is 0 Å². The molecule has 1 aliphatic heterocycles. The summed E-state index contributed by atoms with van der Waals surface area (Å²) < 4.78 is 38.8. The summed E-state index contributed by atoms with van der Waals surface area (Å²) in [6.07, 6.45) is 0. The zero-order valence-corrected chi connectivity index (χ0v) is 18.4. The second-order valence-corrected chi connectivity index (χ2v) is 9.61. The SMILES string of the molecule is O=C(Cn1c(=O)oc2cc(S(=O)(=O)N3CCOCC3)ccc21)Nc1cccc2ccccc12. The van der Waals surface area contributed by atoms with Crippen LogP contribution in [-0.4, -0.2) is 49.5 Å². The van der Waals surface area contributed by atoms with Crippen molar-refractivity contribution < 1.29 is 22.4 Å². The van der Waals surface area contributed by atoms with Crippen molar-refractivity contribution in [2.45, 2.75) is 11.4 Å². The predicted molar refractivity (Wildman–Crippen MR) is 123 cm³/mol. The molecule has 0 unspecified atom stereocenters. The topological polar surface area (TPSA) is 111 Å². The molecule has 0 saturated carbocycles. The molecule has 1 saturated heterocycles. The number of aromatic nitrogens is 1. The Hall–Kier alpha value is -3.47. The van der Waals surface area contributed by atoms with Crippen LogP contribution in [0, 0.1) is 0 Å². The number of nitrogens with zero attached hydrogens (tertiary/aromatic N) is 2. The first-order chi connectivity index (χ1) is 15.9. The third-order valence-electron chi connectivity index (χ3n) is 5.61. The summed E-state index contributed by atoms with van der Waals surface area (Å²) in [5.41, 5.74) is 1.08. The summed E-state index contributed by atoms with van der Waals surface area (Å²) in [5.74, 6) is -1.14. The van der Waals surface area contributed by atoms with Crippen LogP contribution in [0.15, 0.2) is 74.8 Å².